The summed E-state index contributed by atoms with van der Waals surface area (Å²) in [6, 6.07) is 0.597. The number of nitrogens with zero attached hydrogens (tertiary/aromatic N) is 2. The topological polar surface area (TPSA) is 27.1 Å². The second-order valence-electron chi connectivity index (χ2n) is 4.49. The molecule has 0 aliphatic carbocycles. The summed E-state index contributed by atoms with van der Waals surface area (Å²) in [5, 5.41) is 0. The molecule has 0 radical (unpaired) electrons. The second kappa shape index (κ2) is 3.83. The summed E-state index contributed by atoms with van der Waals surface area (Å²) in [4.78, 5) is 4.13. The van der Waals surface area contributed by atoms with Crippen LogP contribution >= 0.6 is 11.8 Å². The molecule has 2 aliphatic heterocycles. The van der Waals surface area contributed by atoms with E-state index in [-0.39, 0.29) is 5.60 Å². The number of hydrogen-bond acceptors (Lipinski definition) is 3. The molecule has 2 atom stereocenters. The second-order valence-corrected chi connectivity index (χ2v) is 5.60. The van der Waals surface area contributed by atoms with Crippen LogP contribution in [-0.2, 0) is 4.74 Å². The fourth-order valence-corrected chi connectivity index (χ4v) is 3.98. The van der Waals surface area contributed by atoms with E-state index in [0.29, 0.717) is 6.04 Å². The average molecular weight is 224 g/mol. The zero-order valence-corrected chi connectivity index (χ0v) is 9.58. The highest BCUT2D eigenvalue weighted by molar-refractivity contribution is 7.99. The van der Waals surface area contributed by atoms with Crippen molar-refractivity contribution in [2.24, 2.45) is 0 Å². The Hall–Kier alpha value is -0.480. The van der Waals surface area contributed by atoms with Crippen molar-refractivity contribution in [2.45, 2.75) is 30.9 Å². The first-order valence-electron chi connectivity index (χ1n) is 5.57. The van der Waals surface area contributed by atoms with Crippen molar-refractivity contribution in [1.82, 2.24) is 9.55 Å². The number of thioether (sulfide) groups is 1. The minimum atomic E-state index is 0.178. The summed E-state index contributed by atoms with van der Waals surface area (Å²) in [6.07, 6.45) is 9.39. The lowest BCUT2D eigenvalue weighted by atomic mass is 9.90. The van der Waals surface area contributed by atoms with Gasteiger partial charge in [-0.25, -0.2) is 4.98 Å². The Kier molecular flexibility index (Phi) is 2.48. The fraction of sp³-hybridized carbons (Fsp3) is 0.727. The van der Waals surface area contributed by atoms with Crippen LogP contribution in [0.1, 0.15) is 25.3 Å². The van der Waals surface area contributed by atoms with Crippen molar-refractivity contribution in [1.29, 1.82) is 0 Å². The lowest BCUT2D eigenvalue weighted by molar-refractivity contribution is -0.0762. The van der Waals surface area contributed by atoms with E-state index in [2.05, 4.69) is 15.7 Å². The van der Waals surface area contributed by atoms with Crippen molar-refractivity contribution in [3.8, 4) is 0 Å². The molecule has 4 heteroatoms. The lowest BCUT2D eigenvalue weighted by Crippen LogP contribution is -2.40. The molecule has 1 aromatic heterocycles. The van der Waals surface area contributed by atoms with Gasteiger partial charge in [-0.05, 0) is 25.0 Å². The van der Waals surface area contributed by atoms with Crippen LogP contribution < -0.4 is 0 Å². The van der Waals surface area contributed by atoms with E-state index in [1.807, 2.05) is 24.3 Å². The zero-order chi connectivity index (χ0) is 10.1. The van der Waals surface area contributed by atoms with Gasteiger partial charge in [0.05, 0.1) is 11.9 Å². The molecule has 2 saturated heterocycles. The first kappa shape index (κ1) is 9.73. The number of hydrogen-bond donors (Lipinski definition) is 0. The molecule has 3 heterocycles. The normalized spacial score (nSPS) is 36.1. The Labute approximate surface area is 94.2 Å². The summed E-state index contributed by atoms with van der Waals surface area (Å²) in [6.45, 7) is 0.906. The van der Waals surface area contributed by atoms with Crippen molar-refractivity contribution >= 4 is 11.8 Å². The van der Waals surface area contributed by atoms with Gasteiger partial charge in [0.15, 0.2) is 0 Å². The SMILES string of the molecule is c1cn(C2CCOC3(CCSC3)C2)cn1. The molecule has 3 nitrogen and oxygen atoms in total. The Bertz CT molecular complexity index is 319. The van der Waals surface area contributed by atoms with Crippen LogP contribution in [0.2, 0.25) is 0 Å². The smallest absolute Gasteiger partial charge is 0.0948 e. The third-order valence-electron chi connectivity index (χ3n) is 3.48. The standard InChI is InChI=1S/C11H16N2OS/c1-5-14-11(2-6-15-8-11)7-10(1)13-4-3-12-9-13/h3-4,9-10H,1-2,5-8H2. The van der Waals surface area contributed by atoms with E-state index in [9.17, 15) is 0 Å². The Morgan fingerprint density at radius 3 is 3.27 bits per heavy atom. The molecule has 2 fully saturated rings. The summed E-state index contributed by atoms with van der Waals surface area (Å²) in [5.41, 5.74) is 0.178. The maximum Gasteiger partial charge on any atom is 0.0948 e. The minimum Gasteiger partial charge on any atom is -0.374 e. The van der Waals surface area contributed by atoms with Gasteiger partial charge in [-0.2, -0.15) is 11.8 Å². The molecule has 0 saturated carbocycles. The molecule has 0 aromatic carbocycles. The van der Waals surface area contributed by atoms with Gasteiger partial charge in [0.25, 0.3) is 0 Å². The molecular formula is C11H16N2OS. The molecule has 82 valence electrons. The number of imidazole rings is 1. The Balaban J connectivity index is 1.76. The van der Waals surface area contributed by atoms with Gasteiger partial charge in [0.2, 0.25) is 0 Å². The van der Waals surface area contributed by atoms with E-state index in [1.54, 1.807) is 0 Å². The molecule has 2 aliphatic rings. The molecular weight excluding hydrogens is 208 g/mol. The molecule has 3 rings (SSSR count). The maximum atomic E-state index is 6.00. The molecule has 0 bridgehead atoms. The minimum absolute atomic E-state index is 0.178. The van der Waals surface area contributed by atoms with Gasteiger partial charge in [-0.1, -0.05) is 0 Å². The molecule has 15 heavy (non-hydrogen) atoms. The quantitative estimate of drug-likeness (QED) is 0.731. The Morgan fingerprint density at radius 1 is 1.53 bits per heavy atom. The van der Waals surface area contributed by atoms with Crippen molar-refractivity contribution < 1.29 is 4.74 Å². The summed E-state index contributed by atoms with van der Waals surface area (Å²) >= 11 is 2.03. The van der Waals surface area contributed by atoms with Gasteiger partial charge in [-0.3, -0.25) is 0 Å². The third-order valence-corrected chi connectivity index (χ3v) is 4.70. The zero-order valence-electron chi connectivity index (χ0n) is 8.76. The van der Waals surface area contributed by atoms with Crippen molar-refractivity contribution in [3.05, 3.63) is 18.7 Å². The van der Waals surface area contributed by atoms with Crippen LogP contribution in [0.25, 0.3) is 0 Å². The van der Waals surface area contributed by atoms with Crippen LogP contribution in [0.4, 0.5) is 0 Å². The Morgan fingerprint density at radius 2 is 2.53 bits per heavy atom. The van der Waals surface area contributed by atoms with Gasteiger partial charge in [0.1, 0.15) is 0 Å². The number of ether oxygens (including phenoxy) is 1. The van der Waals surface area contributed by atoms with Crippen LogP contribution in [0.5, 0.6) is 0 Å². The molecule has 1 spiro atoms. The predicted octanol–water partition coefficient (Wildman–Crippen LogP) is 2.11. The lowest BCUT2D eigenvalue weighted by Gasteiger charge is -2.38. The fourth-order valence-electron chi connectivity index (χ4n) is 2.61. The first-order chi connectivity index (χ1) is 7.38. The third kappa shape index (κ3) is 1.81. The molecule has 0 N–H and O–H groups in total. The first-order valence-corrected chi connectivity index (χ1v) is 6.73. The highest BCUT2D eigenvalue weighted by atomic mass is 32.2. The highest BCUT2D eigenvalue weighted by Gasteiger charge is 2.40. The summed E-state index contributed by atoms with van der Waals surface area (Å²) in [5.74, 6) is 2.44. The van der Waals surface area contributed by atoms with Gasteiger partial charge < -0.3 is 9.30 Å². The van der Waals surface area contributed by atoms with E-state index in [1.165, 1.54) is 17.9 Å². The monoisotopic (exact) mass is 224 g/mol. The highest BCUT2D eigenvalue weighted by Crippen LogP contribution is 2.41. The number of aromatic nitrogens is 2. The van der Waals surface area contributed by atoms with Crippen LogP contribution in [0.3, 0.4) is 0 Å². The van der Waals surface area contributed by atoms with Crippen LogP contribution in [0.15, 0.2) is 18.7 Å². The molecule has 1 aromatic rings. The molecule has 2 unspecified atom stereocenters. The number of rotatable bonds is 1. The summed E-state index contributed by atoms with van der Waals surface area (Å²) < 4.78 is 8.24. The van der Waals surface area contributed by atoms with Crippen molar-refractivity contribution in [3.63, 3.8) is 0 Å². The van der Waals surface area contributed by atoms with E-state index < -0.39 is 0 Å². The predicted molar refractivity (Wildman–Crippen MR) is 61.1 cm³/mol. The summed E-state index contributed by atoms with van der Waals surface area (Å²) in [7, 11) is 0. The van der Waals surface area contributed by atoms with Gasteiger partial charge in [0, 0.05) is 30.8 Å². The molecule has 0 amide bonds. The largest absolute Gasteiger partial charge is 0.374 e. The maximum absolute atomic E-state index is 6.00. The van der Waals surface area contributed by atoms with Crippen LogP contribution in [0, 0.1) is 0 Å². The van der Waals surface area contributed by atoms with E-state index >= 15 is 0 Å². The van der Waals surface area contributed by atoms with Crippen molar-refractivity contribution in [2.75, 3.05) is 18.1 Å². The van der Waals surface area contributed by atoms with E-state index in [0.717, 1.165) is 19.4 Å². The van der Waals surface area contributed by atoms with E-state index in [4.69, 9.17) is 4.74 Å². The average Bonchev–Trinajstić information content (AvgIpc) is 2.89. The van der Waals surface area contributed by atoms with Gasteiger partial charge in [-0.15, -0.1) is 0 Å². The van der Waals surface area contributed by atoms with Crippen LogP contribution in [-0.4, -0.2) is 33.3 Å². The van der Waals surface area contributed by atoms with Gasteiger partial charge >= 0.3 is 0 Å².